The quantitative estimate of drug-likeness (QED) is 0.898. The second kappa shape index (κ2) is 7.08. The van der Waals surface area contributed by atoms with Crippen LogP contribution in [0, 0.1) is 19.8 Å². The Labute approximate surface area is 140 Å². The lowest BCUT2D eigenvalue weighted by molar-refractivity contribution is 0.0914. The number of hydrogen-bond donors (Lipinski definition) is 2. The summed E-state index contributed by atoms with van der Waals surface area (Å²) in [6, 6.07) is 2.91. The Kier molecular flexibility index (Phi) is 5.10. The first-order valence-corrected chi connectivity index (χ1v) is 9.28. The summed E-state index contributed by atoms with van der Waals surface area (Å²) in [7, 11) is 0. The monoisotopic (exact) mass is 317 g/mol. The van der Waals surface area contributed by atoms with Gasteiger partial charge in [0.25, 0.3) is 5.91 Å². The van der Waals surface area contributed by atoms with E-state index in [4.69, 9.17) is 0 Å². The van der Waals surface area contributed by atoms with Gasteiger partial charge in [0.2, 0.25) is 0 Å². The van der Waals surface area contributed by atoms with E-state index in [2.05, 4.69) is 42.0 Å². The average molecular weight is 317 g/mol. The zero-order chi connectivity index (χ0) is 16.4. The Morgan fingerprint density at radius 1 is 1.22 bits per heavy atom. The molecule has 0 aromatic carbocycles. The van der Waals surface area contributed by atoms with E-state index in [1.165, 1.54) is 37.8 Å². The van der Waals surface area contributed by atoms with Crippen molar-refractivity contribution in [2.75, 3.05) is 13.1 Å². The van der Waals surface area contributed by atoms with Crippen LogP contribution in [0.15, 0.2) is 6.07 Å². The molecule has 1 amide bonds. The third kappa shape index (κ3) is 3.47. The fourth-order valence-electron chi connectivity index (χ4n) is 4.34. The second-order valence-corrected chi connectivity index (χ2v) is 7.50. The molecule has 1 aliphatic heterocycles. The van der Waals surface area contributed by atoms with Crippen LogP contribution in [0.5, 0.6) is 0 Å². The summed E-state index contributed by atoms with van der Waals surface area (Å²) in [5.41, 5.74) is 3.24. The fraction of sp³-hybridized carbons (Fsp3) is 0.737. The van der Waals surface area contributed by atoms with Crippen molar-refractivity contribution in [3.8, 4) is 0 Å². The molecule has 4 nitrogen and oxygen atoms in total. The number of nitrogens with one attached hydrogen (secondary N) is 2. The maximum atomic E-state index is 12.8. The molecule has 1 aliphatic carbocycles. The number of piperidine rings is 1. The molecule has 2 N–H and O–H groups in total. The van der Waals surface area contributed by atoms with Crippen LogP contribution < -0.4 is 10.6 Å². The van der Waals surface area contributed by atoms with Crippen LogP contribution in [-0.2, 0) is 0 Å². The summed E-state index contributed by atoms with van der Waals surface area (Å²) in [6.07, 6.45) is 7.62. The van der Waals surface area contributed by atoms with Crippen LogP contribution >= 0.6 is 0 Å². The molecule has 128 valence electrons. The zero-order valence-corrected chi connectivity index (χ0v) is 14.8. The van der Waals surface area contributed by atoms with E-state index in [9.17, 15) is 4.79 Å². The van der Waals surface area contributed by atoms with Gasteiger partial charge in [0.05, 0.1) is 5.56 Å². The Balaban J connectivity index is 1.75. The van der Waals surface area contributed by atoms with Crippen molar-refractivity contribution >= 4 is 5.91 Å². The van der Waals surface area contributed by atoms with Crippen LogP contribution in [0.3, 0.4) is 0 Å². The molecule has 0 radical (unpaired) electrons. The van der Waals surface area contributed by atoms with Gasteiger partial charge >= 0.3 is 0 Å². The van der Waals surface area contributed by atoms with E-state index in [0.29, 0.717) is 12.0 Å². The summed E-state index contributed by atoms with van der Waals surface area (Å²) in [5, 5.41) is 6.64. The molecule has 3 rings (SSSR count). The predicted octanol–water partition coefficient (Wildman–Crippen LogP) is 3.34. The smallest absolute Gasteiger partial charge is 0.253 e. The minimum absolute atomic E-state index is 0.0979. The molecule has 1 saturated carbocycles. The number of carbonyl (C=O) groups is 1. The Morgan fingerprint density at radius 3 is 2.65 bits per heavy atom. The summed E-state index contributed by atoms with van der Waals surface area (Å²) in [5.74, 6) is 0.641. The standard InChI is InChI=1S/C19H31N3O/c1-13-9-10-20-12-18(13)21-19(23)17-11-14(2)22(15(17)3)16-7-5-4-6-8-16/h11,13,16,18,20H,4-10,12H2,1-3H3,(H,21,23). The lowest BCUT2D eigenvalue weighted by Crippen LogP contribution is -2.50. The molecule has 23 heavy (non-hydrogen) atoms. The van der Waals surface area contributed by atoms with Crippen molar-refractivity contribution in [2.45, 2.75) is 71.4 Å². The number of hydrogen-bond acceptors (Lipinski definition) is 2. The molecule has 2 fully saturated rings. The molecule has 2 heterocycles. The second-order valence-electron chi connectivity index (χ2n) is 7.50. The highest BCUT2D eigenvalue weighted by Gasteiger charge is 2.26. The van der Waals surface area contributed by atoms with Gasteiger partial charge in [-0.05, 0) is 51.6 Å². The van der Waals surface area contributed by atoms with Crippen molar-refractivity contribution in [3.63, 3.8) is 0 Å². The predicted molar refractivity (Wildman–Crippen MR) is 93.9 cm³/mol. The van der Waals surface area contributed by atoms with Gasteiger partial charge in [0.15, 0.2) is 0 Å². The molecule has 2 atom stereocenters. The maximum Gasteiger partial charge on any atom is 0.253 e. The molecule has 1 aromatic heterocycles. The number of carbonyl (C=O) groups excluding carboxylic acids is 1. The molecule has 1 saturated heterocycles. The van der Waals surface area contributed by atoms with Gasteiger partial charge in [-0.2, -0.15) is 0 Å². The van der Waals surface area contributed by atoms with Crippen LogP contribution in [0.1, 0.15) is 73.2 Å². The van der Waals surface area contributed by atoms with Crippen LogP contribution in [-0.4, -0.2) is 29.6 Å². The summed E-state index contributed by atoms with van der Waals surface area (Å²) < 4.78 is 2.41. The average Bonchev–Trinajstić information content (AvgIpc) is 2.85. The van der Waals surface area contributed by atoms with Gasteiger partial charge in [0.1, 0.15) is 0 Å². The van der Waals surface area contributed by atoms with Crippen LogP contribution in [0.4, 0.5) is 0 Å². The largest absolute Gasteiger partial charge is 0.348 e. The van der Waals surface area contributed by atoms with E-state index in [0.717, 1.165) is 30.8 Å². The van der Waals surface area contributed by atoms with Crippen molar-refractivity contribution in [3.05, 3.63) is 23.0 Å². The van der Waals surface area contributed by atoms with Gasteiger partial charge < -0.3 is 15.2 Å². The summed E-state index contributed by atoms with van der Waals surface area (Å²) in [4.78, 5) is 12.8. The first-order valence-electron chi connectivity index (χ1n) is 9.28. The van der Waals surface area contributed by atoms with E-state index < -0.39 is 0 Å². The van der Waals surface area contributed by atoms with Crippen molar-refractivity contribution in [1.82, 2.24) is 15.2 Å². The highest BCUT2D eigenvalue weighted by molar-refractivity contribution is 5.96. The van der Waals surface area contributed by atoms with E-state index in [1.807, 2.05) is 0 Å². The minimum atomic E-state index is 0.0979. The third-order valence-electron chi connectivity index (χ3n) is 5.81. The van der Waals surface area contributed by atoms with Crippen LogP contribution in [0.25, 0.3) is 0 Å². The molecule has 2 unspecified atom stereocenters. The van der Waals surface area contributed by atoms with E-state index in [-0.39, 0.29) is 11.9 Å². The Morgan fingerprint density at radius 2 is 1.96 bits per heavy atom. The van der Waals surface area contributed by atoms with Gasteiger partial charge in [0, 0.05) is 30.0 Å². The SMILES string of the molecule is Cc1cc(C(=O)NC2CNCCC2C)c(C)n1C1CCCCC1. The lowest BCUT2D eigenvalue weighted by Gasteiger charge is -2.30. The Hall–Kier alpha value is -1.29. The molecule has 0 spiro atoms. The van der Waals surface area contributed by atoms with Crippen molar-refractivity contribution in [1.29, 1.82) is 0 Å². The number of aromatic nitrogens is 1. The third-order valence-corrected chi connectivity index (χ3v) is 5.81. The Bertz CT molecular complexity index is 557. The van der Waals surface area contributed by atoms with Gasteiger partial charge in [-0.15, -0.1) is 0 Å². The number of amides is 1. The molecule has 2 aliphatic rings. The van der Waals surface area contributed by atoms with E-state index in [1.54, 1.807) is 0 Å². The highest BCUT2D eigenvalue weighted by Crippen LogP contribution is 2.32. The van der Waals surface area contributed by atoms with E-state index >= 15 is 0 Å². The van der Waals surface area contributed by atoms with Crippen molar-refractivity contribution < 1.29 is 4.79 Å². The molecule has 1 aromatic rings. The molecule has 0 bridgehead atoms. The molecular formula is C19H31N3O. The highest BCUT2D eigenvalue weighted by atomic mass is 16.1. The fourth-order valence-corrected chi connectivity index (χ4v) is 4.34. The summed E-state index contributed by atoms with van der Waals surface area (Å²) in [6.45, 7) is 8.43. The normalized spacial score (nSPS) is 26.2. The van der Waals surface area contributed by atoms with Gasteiger partial charge in [-0.1, -0.05) is 26.2 Å². The summed E-state index contributed by atoms with van der Waals surface area (Å²) >= 11 is 0. The van der Waals surface area contributed by atoms with Gasteiger partial charge in [-0.25, -0.2) is 0 Å². The number of rotatable bonds is 3. The molecule has 4 heteroatoms. The number of aryl methyl sites for hydroxylation is 1. The molecular weight excluding hydrogens is 286 g/mol. The number of nitrogens with zero attached hydrogens (tertiary/aromatic N) is 1. The minimum Gasteiger partial charge on any atom is -0.348 e. The first-order chi connectivity index (χ1) is 11.1. The topological polar surface area (TPSA) is 46.1 Å². The van der Waals surface area contributed by atoms with Gasteiger partial charge in [-0.3, -0.25) is 4.79 Å². The first kappa shape index (κ1) is 16.6. The lowest BCUT2D eigenvalue weighted by atomic mass is 9.94. The maximum absolute atomic E-state index is 12.8. The van der Waals surface area contributed by atoms with Crippen molar-refractivity contribution in [2.24, 2.45) is 5.92 Å². The van der Waals surface area contributed by atoms with Crippen LogP contribution in [0.2, 0.25) is 0 Å². The zero-order valence-electron chi connectivity index (χ0n) is 14.8.